The van der Waals surface area contributed by atoms with Gasteiger partial charge in [0.1, 0.15) is 6.29 Å². The largest absolute Gasteiger partial charge is 0.416 e. The van der Waals surface area contributed by atoms with Gasteiger partial charge < -0.3 is 0 Å². The predicted octanol–water partition coefficient (Wildman–Crippen LogP) is 7.28. The molecule has 0 amide bonds. The van der Waals surface area contributed by atoms with Crippen molar-refractivity contribution in [3.8, 4) is 11.1 Å². The van der Waals surface area contributed by atoms with Gasteiger partial charge >= 0.3 is 6.18 Å². The summed E-state index contributed by atoms with van der Waals surface area (Å²) >= 11 is 0. The summed E-state index contributed by atoms with van der Waals surface area (Å²) in [6.45, 7) is 6.08. The molecule has 0 aliphatic rings. The second kappa shape index (κ2) is 8.08. The van der Waals surface area contributed by atoms with Crippen molar-refractivity contribution in [1.29, 1.82) is 0 Å². The van der Waals surface area contributed by atoms with Crippen LogP contribution in [0.2, 0.25) is 0 Å². The minimum Gasteiger partial charge on any atom is -0.298 e. The first kappa shape index (κ1) is 20.6. The summed E-state index contributed by atoms with van der Waals surface area (Å²) in [6, 6.07) is 15.3. The third-order valence-corrected chi connectivity index (χ3v) is 5.23. The average molecular weight is 394 g/mol. The van der Waals surface area contributed by atoms with Crippen molar-refractivity contribution in [2.24, 2.45) is 0 Å². The van der Waals surface area contributed by atoms with E-state index in [-0.39, 0.29) is 11.1 Å². The van der Waals surface area contributed by atoms with E-state index < -0.39 is 11.7 Å². The van der Waals surface area contributed by atoms with Crippen LogP contribution < -0.4 is 0 Å². The van der Waals surface area contributed by atoms with E-state index >= 15 is 0 Å². The molecule has 0 aromatic heterocycles. The maximum absolute atomic E-state index is 13.3. The Labute approximate surface area is 168 Å². The summed E-state index contributed by atoms with van der Waals surface area (Å²) in [6.07, 6.45) is -0.852. The van der Waals surface area contributed by atoms with Crippen LogP contribution >= 0.6 is 0 Å². The van der Waals surface area contributed by atoms with Gasteiger partial charge in [-0.25, -0.2) is 0 Å². The maximum atomic E-state index is 13.3. The zero-order chi connectivity index (χ0) is 21.2. The Hall–Kier alpha value is -3.14. The molecule has 0 saturated heterocycles. The third-order valence-electron chi connectivity index (χ3n) is 5.23. The summed E-state index contributed by atoms with van der Waals surface area (Å²) in [5.41, 5.74) is 5.74. The summed E-state index contributed by atoms with van der Waals surface area (Å²) in [7, 11) is 0. The normalized spacial score (nSPS) is 11.8. The summed E-state index contributed by atoms with van der Waals surface area (Å²) in [5.74, 6) is 0. The Morgan fingerprint density at radius 3 is 2.03 bits per heavy atom. The second-order valence-corrected chi connectivity index (χ2v) is 7.06. The fourth-order valence-electron chi connectivity index (χ4n) is 3.40. The number of halogens is 3. The highest BCUT2D eigenvalue weighted by atomic mass is 19.4. The van der Waals surface area contributed by atoms with Crippen LogP contribution in [-0.4, -0.2) is 6.29 Å². The van der Waals surface area contributed by atoms with Crippen molar-refractivity contribution >= 4 is 18.4 Å². The molecule has 0 heterocycles. The second-order valence-electron chi connectivity index (χ2n) is 7.06. The van der Waals surface area contributed by atoms with Gasteiger partial charge in [-0.3, -0.25) is 4.79 Å². The Balaban J connectivity index is 2.07. The minimum absolute atomic E-state index is 0.0290. The maximum Gasteiger partial charge on any atom is 0.416 e. The van der Waals surface area contributed by atoms with Crippen molar-refractivity contribution in [2.75, 3.05) is 0 Å². The lowest BCUT2D eigenvalue weighted by Gasteiger charge is -2.14. The highest BCUT2D eigenvalue weighted by Crippen LogP contribution is 2.34. The van der Waals surface area contributed by atoms with Crippen LogP contribution in [0.5, 0.6) is 0 Å². The molecule has 0 atom stereocenters. The van der Waals surface area contributed by atoms with Gasteiger partial charge in [-0.1, -0.05) is 54.6 Å². The fourth-order valence-corrected chi connectivity index (χ4v) is 3.40. The number of carbonyl (C=O) groups excluding carboxylic acids is 1. The van der Waals surface area contributed by atoms with Gasteiger partial charge in [0.25, 0.3) is 0 Å². The van der Waals surface area contributed by atoms with E-state index in [1.54, 1.807) is 6.08 Å². The van der Waals surface area contributed by atoms with Gasteiger partial charge in [-0.05, 0) is 71.8 Å². The quantitative estimate of drug-likeness (QED) is 0.336. The number of alkyl halides is 3. The van der Waals surface area contributed by atoms with Crippen LogP contribution in [0.4, 0.5) is 13.2 Å². The monoisotopic (exact) mass is 394 g/mol. The van der Waals surface area contributed by atoms with Gasteiger partial charge in [0.05, 0.1) is 5.56 Å². The third kappa shape index (κ3) is 4.32. The van der Waals surface area contributed by atoms with Crippen LogP contribution in [0, 0.1) is 20.8 Å². The Bertz CT molecular complexity index is 1090. The molecule has 4 heteroatoms. The number of hydrogen-bond acceptors (Lipinski definition) is 1. The van der Waals surface area contributed by atoms with Gasteiger partial charge in [0.2, 0.25) is 0 Å². The van der Waals surface area contributed by atoms with Gasteiger partial charge in [-0.2, -0.15) is 13.2 Å². The lowest BCUT2D eigenvalue weighted by molar-refractivity contribution is -0.137. The van der Waals surface area contributed by atoms with Crippen LogP contribution in [0.3, 0.4) is 0 Å². The number of aldehydes is 1. The topological polar surface area (TPSA) is 17.1 Å². The van der Waals surface area contributed by atoms with Crippen LogP contribution in [0.15, 0.2) is 54.6 Å². The molecule has 0 unspecified atom stereocenters. The van der Waals surface area contributed by atoms with Crippen LogP contribution in [0.1, 0.15) is 43.7 Å². The zero-order valence-electron chi connectivity index (χ0n) is 16.5. The Morgan fingerprint density at radius 2 is 1.38 bits per heavy atom. The molecule has 0 aliphatic carbocycles. The molecular weight excluding hydrogens is 373 g/mol. The Kier molecular flexibility index (Phi) is 5.73. The molecule has 0 saturated carbocycles. The molecule has 0 aliphatic heterocycles. The molecule has 148 valence electrons. The smallest absolute Gasteiger partial charge is 0.298 e. The molecule has 0 radical (unpaired) electrons. The molecule has 0 N–H and O–H groups in total. The van der Waals surface area contributed by atoms with E-state index in [9.17, 15) is 18.0 Å². The molecule has 3 aromatic rings. The standard InChI is InChI=1S/C25H21F3O/c1-16-6-4-8-22(17(16)2)23-9-5-7-20(18(23)3)11-12-21-14-19(15-29)10-13-24(21)25(26,27)28/h4-15H,1-3H3/b12-11+. The van der Waals surface area contributed by atoms with E-state index in [0.29, 0.717) is 6.29 Å². The van der Waals surface area contributed by atoms with Crippen molar-refractivity contribution in [1.82, 2.24) is 0 Å². The van der Waals surface area contributed by atoms with Crippen molar-refractivity contribution < 1.29 is 18.0 Å². The highest BCUT2D eigenvalue weighted by Gasteiger charge is 2.32. The Morgan fingerprint density at radius 1 is 0.759 bits per heavy atom. The van der Waals surface area contributed by atoms with Gasteiger partial charge in [0.15, 0.2) is 0 Å². The molecule has 3 aromatic carbocycles. The molecular formula is C25H21F3O. The zero-order valence-corrected chi connectivity index (χ0v) is 16.5. The first-order valence-corrected chi connectivity index (χ1v) is 9.23. The van der Waals surface area contributed by atoms with E-state index in [0.717, 1.165) is 28.3 Å². The first-order chi connectivity index (χ1) is 13.7. The molecule has 0 bridgehead atoms. The number of carbonyl (C=O) groups is 1. The van der Waals surface area contributed by atoms with Gasteiger partial charge in [0, 0.05) is 5.56 Å². The van der Waals surface area contributed by atoms with Gasteiger partial charge in [-0.15, -0.1) is 0 Å². The summed E-state index contributed by atoms with van der Waals surface area (Å²) in [5, 5.41) is 0. The molecule has 29 heavy (non-hydrogen) atoms. The lowest BCUT2D eigenvalue weighted by atomic mass is 9.91. The van der Waals surface area contributed by atoms with E-state index in [1.165, 1.54) is 29.3 Å². The predicted molar refractivity (Wildman–Crippen MR) is 112 cm³/mol. The lowest BCUT2D eigenvalue weighted by Crippen LogP contribution is -2.07. The van der Waals surface area contributed by atoms with E-state index in [4.69, 9.17) is 0 Å². The summed E-state index contributed by atoms with van der Waals surface area (Å²) in [4.78, 5) is 11.0. The van der Waals surface area contributed by atoms with Crippen LogP contribution in [0.25, 0.3) is 23.3 Å². The molecule has 0 spiro atoms. The van der Waals surface area contributed by atoms with Crippen molar-refractivity contribution in [2.45, 2.75) is 26.9 Å². The fraction of sp³-hybridized carbons (Fsp3) is 0.160. The molecule has 1 nitrogen and oxygen atoms in total. The van der Waals surface area contributed by atoms with Crippen molar-refractivity contribution in [3.05, 3.63) is 93.5 Å². The number of benzene rings is 3. The SMILES string of the molecule is Cc1cccc(-c2cccc(/C=C/c3cc(C=O)ccc3C(F)(F)F)c2C)c1C. The summed E-state index contributed by atoms with van der Waals surface area (Å²) < 4.78 is 40.0. The van der Waals surface area contributed by atoms with E-state index in [1.807, 2.05) is 37.3 Å². The minimum atomic E-state index is -4.49. The van der Waals surface area contributed by atoms with Crippen LogP contribution in [-0.2, 0) is 6.18 Å². The average Bonchev–Trinajstić information content (AvgIpc) is 2.68. The number of aryl methyl sites for hydroxylation is 1. The van der Waals surface area contributed by atoms with Crippen molar-refractivity contribution in [3.63, 3.8) is 0 Å². The number of rotatable bonds is 4. The molecule has 3 rings (SSSR count). The first-order valence-electron chi connectivity index (χ1n) is 9.23. The number of hydrogen-bond donors (Lipinski definition) is 0. The van der Waals surface area contributed by atoms with E-state index in [2.05, 4.69) is 19.9 Å². The highest BCUT2D eigenvalue weighted by molar-refractivity contribution is 5.82. The molecule has 0 fully saturated rings.